The summed E-state index contributed by atoms with van der Waals surface area (Å²) in [5.74, 6) is 0.108. The molecule has 7 nitrogen and oxygen atoms in total. The lowest BCUT2D eigenvalue weighted by Crippen LogP contribution is -2.46. The molecular weight excluding hydrogens is 426 g/mol. The van der Waals surface area contributed by atoms with Gasteiger partial charge in [-0.3, -0.25) is 9.59 Å². The average molecular weight is 462 g/mol. The number of thiophene rings is 1. The van der Waals surface area contributed by atoms with E-state index in [9.17, 15) is 14.4 Å². The number of likely N-dealkylation sites (tertiary alicyclic amines) is 1. The SMILES string of the molecule is CCOC(=O)c1c(NC(C)=O)c2c(C)c(C)sc2n1[C@H](CC)C(=O)N1C[C@H](C)C[C@H](C)C1. The first-order valence-electron chi connectivity index (χ1n) is 11.5. The molecule has 1 fully saturated rings. The van der Waals surface area contributed by atoms with E-state index in [0.29, 0.717) is 23.9 Å². The standard InChI is InChI=1S/C24H35N3O4S/c1-8-18(22(29)26-11-13(3)10-14(4)12-26)27-21(24(30)31-9-2)20(25-17(7)28)19-15(5)16(6)32-23(19)27/h13-14,18H,8-12H2,1-7H3,(H,25,28)/t13-,14+,18-/m1/s1. The maximum atomic E-state index is 13.8. The number of anilines is 1. The van der Waals surface area contributed by atoms with E-state index in [-0.39, 0.29) is 24.1 Å². The van der Waals surface area contributed by atoms with Crippen LogP contribution >= 0.6 is 11.3 Å². The zero-order valence-corrected chi connectivity index (χ0v) is 21.0. The smallest absolute Gasteiger partial charge is 0.357 e. The molecular formula is C24H35N3O4S. The Kier molecular flexibility index (Phi) is 7.32. The Morgan fingerprint density at radius 2 is 1.78 bits per heavy atom. The zero-order valence-electron chi connectivity index (χ0n) is 20.2. The van der Waals surface area contributed by atoms with Crippen LogP contribution in [0.25, 0.3) is 10.2 Å². The second-order valence-electron chi connectivity index (χ2n) is 9.07. The molecule has 176 valence electrons. The van der Waals surface area contributed by atoms with E-state index >= 15 is 0 Å². The summed E-state index contributed by atoms with van der Waals surface area (Å²) in [5.41, 5.74) is 1.70. The van der Waals surface area contributed by atoms with Gasteiger partial charge in [-0.25, -0.2) is 4.79 Å². The number of piperidine rings is 1. The van der Waals surface area contributed by atoms with Gasteiger partial charge in [-0.2, -0.15) is 0 Å². The fourth-order valence-corrected chi connectivity index (χ4v) is 6.15. The van der Waals surface area contributed by atoms with E-state index in [1.54, 1.807) is 18.3 Å². The number of hydrogen-bond donors (Lipinski definition) is 1. The molecule has 0 spiro atoms. The van der Waals surface area contributed by atoms with Gasteiger partial charge < -0.3 is 19.5 Å². The summed E-state index contributed by atoms with van der Waals surface area (Å²) < 4.78 is 7.21. The number of aryl methyl sites for hydroxylation is 2. The van der Waals surface area contributed by atoms with E-state index in [0.717, 1.165) is 40.2 Å². The average Bonchev–Trinajstić information content (AvgIpc) is 3.16. The van der Waals surface area contributed by atoms with Crippen molar-refractivity contribution in [2.75, 3.05) is 25.0 Å². The molecule has 2 amide bonds. The Balaban J connectivity index is 2.23. The number of amides is 2. The van der Waals surface area contributed by atoms with E-state index in [1.165, 1.54) is 6.92 Å². The van der Waals surface area contributed by atoms with Gasteiger partial charge in [0.25, 0.3) is 0 Å². The van der Waals surface area contributed by atoms with Crippen molar-refractivity contribution in [3.63, 3.8) is 0 Å². The molecule has 32 heavy (non-hydrogen) atoms. The van der Waals surface area contributed by atoms with Gasteiger partial charge in [0.1, 0.15) is 10.9 Å². The molecule has 1 N–H and O–H groups in total. The summed E-state index contributed by atoms with van der Waals surface area (Å²) in [6, 6.07) is -0.547. The highest BCUT2D eigenvalue weighted by molar-refractivity contribution is 7.19. The Hall–Kier alpha value is -2.35. The molecule has 0 bridgehead atoms. The van der Waals surface area contributed by atoms with Crippen molar-refractivity contribution in [2.45, 2.75) is 67.3 Å². The van der Waals surface area contributed by atoms with Crippen molar-refractivity contribution in [2.24, 2.45) is 11.8 Å². The van der Waals surface area contributed by atoms with Crippen LogP contribution in [0.3, 0.4) is 0 Å². The maximum Gasteiger partial charge on any atom is 0.357 e. The van der Waals surface area contributed by atoms with Gasteiger partial charge >= 0.3 is 5.97 Å². The van der Waals surface area contributed by atoms with Crippen molar-refractivity contribution in [1.29, 1.82) is 0 Å². The fourth-order valence-electron chi connectivity index (χ4n) is 4.93. The number of aromatic nitrogens is 1. The molecule has 1 aliphatic heterocycles. The van der Waals surface area contributed by atoms with E-state index in [4.69, 9.17) is 4.74 Å². The summed E-state index contributed by atoms with van der Waals surface area (Å²) in [5, 5.41) is 3.68. The highest BCUT2D eigenvalue weighted by Crippen LogP contribution is 2.43. The van der Waals surface area contributed by atoms with Crippen LogP contribution in [0.2, 0.25) is 0 Å². The predicted molar refractivity (Wildman–Crippen MR) is 128 cm³/mol. The van der Waals surface area contributed by atoms with Crippen molar-refractivity contribution >= 4 is 45.0 Å². The fraction of sp³-hybridized carbons (Fsp3) is 0.625. The first-order valence-corrected chi connectivity index (χ1v) is 12.3. The van der Waals surface area contributed by atoms with Crippen molar-refractivity contribution < 1.29 is 19.1 Å². The van der Waals surface area contributed by atoms with Crippen molar-refractivity contribution in [1.82, 2.24) is 9.47 Å². The van der Waals surface area contributed by atoms with Crippen LogP contribution in [0.4, 0.5) is 5.69 Å². The lowest BCUT2D eigenvalue weighted by Gasteiger charge is -2.37. The number of hydrogen-bond acceptors (Lipinski definition) is 5. The van der Waals surface area contributed by atoms with Crippen LogP contribution in [0.15, 0.2) is 0 Å². The summed E-state index contributed by atoms with van der Waals surface area (Å²) in [7, 11) is 0. The number of nitrogens with one attached hydrogen (secondary N) is 1. The monoisotopic (exact) mass is 461 g/mol. The summed E-state index contributed by atoms with van der Waals surface area (Å²) in [6.45, 7) is 15.1. The Bertz CT molecular complexity index is 1030. The minimum atomic E-state index is -0.547. The van der Waals surface area contributed by atoms with Gasteiger partial charge in [-0.1, -0.05) is 20.8 Å². The number of rotatable bonds is 6. The van der Waals surface area contributed by atoms with Crippen LogP contribution in [0, 0.1) is 25.7 Å². The highest BCUT2D eigenvalue weighted by Gasteiger charge is 2.36. The third kappa shape index (κ3) is 4.42. The molecule has 0 aromatic carbocycles. The third-order valence-corrected chi connectivity index (χ3v) is 7.45. The normalized spacial score (nSPS) is 19.8. The number of ether oxygens (including phenoxy) is 1. The molecule has 3 heterocycles. The first-order chi connectivity index (χ1) is 15.1. The van der Waals surface area contributed by atoms with Gasteiger partial charge in [0.2, 0.25) is 11.8 Å². The zero-order chi connectivity index (χ0) is 23.7. The van der Waals surface area contributed by atoms with Crippen LogP contribution in [0.5, 0.6) is 0 Å². The molecule has 1 saturated heterocycles. The topological polar surface area (TPSA) is 80.6 Å². The second kappa shape index (κ2) is 9.65. The Morgan fingerprint density at radius 1 is 1.16 bits per heavy atom. The molecule has 0 saturated carbocycles. The van der Waals surface area contributed by atoms with E-state index in [2.05, 4.69) is 19.2 Å². The first kappa shape index (κ1) is 24.3. The van der Waals surface area contributed by atoms with Gasteiger partial charge in [0, 0.05) is 30.3 Å². The largest absolute Gasteiger partial charge is 0.461 e. The minimum absolute atomic E-state index is 0.0198. The number of nitrogens with zero attached hydrogens (tertiary/aromatic N) is 2. The summed E-state index contributed by atoms with van der Waals surface area (Å²) in [6.07, 6.45) is 1.64. The Morgan fingerprint density at radius 3 is 2.31 bits per heavy atom. The van der Waals surface area contributed by atoms with Gasteiger partial charge in [-0.15, -0.1) is 11.3 Å². The molecule has 3 rings (SSSR count). The minimum Gasteiger partial charge on any atom is -0.461 e. The Labute approximate surface area is 194 Å². The second-order valence-corrected chi connectivity index (χ2v) is 10.3. The number of esters is 1. The lowest BCUT2D eigenvalue weighted by molar-refractivity contribution is -0.137. The van der Waals surface area contributed by atoms with Crippen LogP contribution < -0.4 is 5.32 Å². The molecule has 0 radical (unpaired) electrons. The molecule has 0 aliphatic carbocycles. The molecule has 1 aliphatic rings. The van der Waals surface area contributed by atoms with Gasteiger partial charge in [0.15, 0.2) is 5.69 Å². The summed E-state index contributed by atoms with van der Waals surface area (Å²) in [4.78, 5) is 42.9. The number of carbonyl (C=O) groups excluding carboxylic acids is 3. The van der Waals surface area contributed by atoms with Gasteiger partial charge in [-0.05, 0) is 51.0 Å². The predicted octanol–water partition coefficient (Wildman–Crippen LogP) is 4.91. The number of carbonyl (C=O) groups is 3. The maximum absolute atomic E-state index is 13.8. The highest BCUT2D eigenvalue weighted by atomic mass is 32.1. The lowest BCUT2D eigenvalue weighted by atomic mass is 9.91. The number of fused-ring (bicyclic) bond motifs is 1. The van der Waals surface area contributed by atoms with E-state index in [1.807, 2.05) is 30.2 Å². The summed E-state index contributed by atoms with van der Waals surface area (Å²) >= 11 is 1.54. The molecule has 2 aromatic heterocycles. The van der Waals surface area contributed by atoms with E-state index < -0.39 is 12.0 Å². The third-order valence-electron chi connectivity index (χ3n) is 6.25. The van der Waals surface area contributed by atoms with Crippen LogP contribution in [-0.4, -0.2) is 46.9 Å². The molecule has 2 aromatic rings. The molecule has 3 atom stereocenters. The van der Waals surface area contributed by atoms with Crippen molar-refractivity contribution in [3.8, 4) is 0 Å². The van der Waals surface area contributed by atoms with Crippen LogP contribution in [-0.2, 0) is 14.3 Å². The quantitative estimate of drug-likeness (QED) is 0.620. The van der Waals surface area contributed by atoms with Crippen molar-refractivity contribution in [3.05, 3.63) is 16.1 Å². The van der Waals surface area contributed by atoms with Gasteiger partial charge in [0.05, 0.1) is 12.3 Å². The molecule has 0 unspecified atom stereocenters. The molecule has 8 heteroatoms. The van der Waals surface area contributed by atoms with Crippen LogP contribution in [0.1, 0.15) is 74.4 Å².